The molecule has 0 aliphatic heterocycles. The third kappa shape index (κ3) is 2.67. The van der Waals surface area contributed by atoms with Gasteiger partial charge in [-0.2, -0.15) is 0 Å². The Kier molecular flexibility index (Phi) is 3.66. The fourth-order valence-electron chi connectivity index (χ4n) is 1.15. The number of rotatable bonds is 3. The average Bonchev–Trinajstić information content (AvgIpc) is 2.19. The molecule has 1 rings (SSSR count). The molecule has 2 unspecified atom stereocenters. The maximum atomic E-state index is 13.2. The molecule has 0 saturated heterocycles. The van der Waals surface area contributed by atoms with Gasteiger partial charge in [-0.3, -0.25) is 4.79 Å². The van der Waals surface area contributed by atoms with Gasteiger partial charge in [-0.1, -0.05) is 11.6 Å². The molecule has 0 aromatic heterocycles. The zero-order valence-electron chi connectivity index (χ0n) is 7.95. The van der Waals surface area contributed by atoms with Gasteiger partial charge in [0.25, 0.3) is 0 Å². The zero-order valence-corrected chi connectivity index (χ0v) is 8.70. The van der Waals surface area contributed by atoms with E-state index >= 15 is 0 Å². The van der Waals surface area contributed by atoms with Crippen LogP contribution in [-0.4, -0.2) is 16.2 Å². The molecule has 0 aliphatic rings. The highest BCUT2D eigenvalue weighted by Gasteiger charge is 2.25. The number of carboxylic acids is 1. The van der Waals surface area contributed by atoms with Gasteiger partial charge >= 0.3 is 5.97 Å². The van der Waals surface area contributed by atoms with Gasteiger partial charge in [0.05, 0.1) is 12.0 Å². The Hall–Kier alpha value is -1.13. The van der Waals surface area contributed by atoms with Crippen molar-refractivity contribution in [2.24, 2.45) is 5.92 Å². The normalized spacial score (nSPS) is 14.7. The number of carboxylic acid groups (broad SMARTS) is 1. The fraction of sp³-hybridized carbons (Fsp3) is 0.300. The minimum absolute atomic E-state index is 0.0996. The van der Waals surface area contributed by atoms with Gasteiger partial charge in [0.2, 0.25) is 0 Å². The summed E-state index contributed by atoms with van der Waals surface area (Å²) in [5.74, 6) is -2.94. The van der Waals surface area contributed by atoms with E-state index in [1.807, 2.05) is 0 Å². The molecule has 15 heavy (non-hydrogen) atoms. The molecule has 82 valence electrons. The number of aliphatic hydroxyl groups is 1. The molecule has 0 bridgehead atoms. The standard InChI is InChI=1S/C10H10ClFO3/c1-5(10(14)15)9(13)7-4-6(11)2-3-8(7)12/h2-5,9,13H,1H3,(H,14,15). The Morgan fingerprint density at radius 1 is 1.53 bits per heavy atom. The minimum atomic E-state index is -1.40. The van der Waals surface area contributed by atoms with Crippen LogP contribution in [-0.2, 0) is 4.79 Å². The van der Waals surface area contributed by atoms with E-state index in [2.05, 4.69) is 0 Å². The van der Waals surface area contributed by atoms with Crippen LogP contribution in [0.5, 0.6) is 0 Å². The lowest BCUT2D eigenvalue weighted by molar-refractivity contribution is -0.145. The van der Waals surface area contributed by atoms with Gasteiger partial charge in [-0.15, -0.1) is 0 Å². The highest BCUT2D eigenvalue weighted by Crippen LogP contribution is 2.26. The van der Waals surface area contributed by atoms with Crippen molar-refractivity contribution >= 4 is 17.6 Å². The van der Waals surface area contributed by atoms with E-state index in [9.17, 15) is 14.3 Å². The van der Waals surface area contributed by atoms with Crippen molar-refractivity contribution in [2.75, 3.05) is 0 Å². The summed E-state index contributed by atoms with van der Waals surface area (Å²) in [4.78, 5) is 10.6. The van der Waals surface area contributed by atoms with Gasteiger partial charge in [0.1, 0.15) is 5.82 Å². The molecule has 1 aromatic rings. The zero-order chi connectivity index (χ0) is 11.6. The van der Waals surface area contributed by atoms with E-state index in [0.717, 1.165) is 6.07 Å². The summed E-state index contributed by atoms with van der Waals surface area (Å²) < 4.78 is 13.2. The van der Waals surface area contributed by atoms with Crippen molar-refractivity contribution in [3.8, 4) is 0 Å². The Labute approximate surface area is 91.1 Å². The molecule has 0 spiro atoms. The van der Waals surface area contributed by atoms with E-state index < -0.39 is 23.8 Å². The molecule has 0 heterocycles. The van der Waals surface area contributed by atoms with Crippen LogP contribution in [0, 0.1) is 11.7 Å². The molecule has 5 heteroatoms. The number of aliphatic carboxylic acids is 1. The van der Waals surface area contributed by atoms with E-state index in [-0.39, 0.29) is 10.6 Å². The number of hydrogen-bond donors (Lipinski definition) is 2. The maximum absolute atomic E-state index is 13.2. The maximum Gasteiger partial charge on any atom is 0.309 e. The van der Waals surface area contributed by atoms with Crippen LogP contribution in [0.15, 0.2) is 18.2 Å². The number of hydrogen-bond acceptors (Lipinski definition) is 2. The second-order valence-corrected chi connectivity index (χ2v) is 3.67. The van der Waals surface area contributed by atoms with Crippen LogP contribution >= 0.6 is 11.6 Å². The van der Waals surface area contributed by atoms with Crippen LogP contribution < -0.4 is 0 Å². The topological polar surface area (TPSA) is 57.5 Å². The Balaban J connectivity index is 3.04. The molecule has 0 saturated carbocycles. The lowest BCUT2D eigenvalue weighted by Gasteiger charge is -2.16. The minimum Gasteiger partial charge on any atom is -0.481 e. The van der Waals surface area contributed by atoms with Crippen LogP contribution in [0.3, 0.4) is 0 Å². The molecule has 2 N–H and O–H groups in total. The molecule has 0 radical (unpaired) electrons. The summed E-state index contributed by atoms with van der Waals surface area (Å²) in [6.45, 7) is 1.30. The molecule has 1 aromatic carbocycles. The summed E-state index contributed by atoms with van der Waals surface area (Å²) in [7, 11) is 0. The first-order valence-electron chi connectivity index (χ1n) is 4.29. The van der Waals surface area contributed by atoms with Crippen molar-refractivity contribution in [3.05, 3.63) is 34.6 Å². The number of carbonyl (C=O) groups is 1. The van der Waals surface area contributed by atoms with Crippen LogP contribution in [0.2, 0.25) is 5.02 Å². The smallest absolute Gasteiger partial charge is 0.309 e. The number of aliphatic hydroxyl groups excluding tert-OH is 1. The highest BCUT2D eigenvalue weighted by atomic mass is 35.5. The SMILES string of the molecule is CC(C(=O)O)C(O)c1cc(Cl)ccc1F. The Morgan fingerprint density at radius 2 is 2.13 bits per heavy atom. The molecular weight excluding hydrogens is 223 g/mol. The summed E-state index contributed by atoms with van der Waals surface area (Å²) >= 11 is 5.62. The van der Waals surface area contributed by atoms with Gasteiger partial charge in [-0.05, 0) is 25.1 Å². The van der Waals surface area contributed by atoms with Crippen molar-refractivity contribution in [1.29, 1.82) is 0 Å². The molecule has 3 nitrogen and oxygen atoms in total. The molecule has 0 fully saturated rings. The lowest BCUT2D eigenvalue weighted by Crippen LogP contribution is -2.19. The van der Waals surface area contributed by atoms with Crippen molar-refractivity contribution < 1.29 is 19.4 Å². The highest BCUT2D eigenvalue weighted by molar-refractivity contribution is 6.30. The third-order valence-corrected chi connectivity index (χ3v) is 2.37. The average molecular weight is 233 g/mol. The molecule has 2 atom stereocenters. The van der Waals surface area contributed by atoms with Gasteiger partial charge in [0, 0.05) is 10.6 Å². The summed E-state index contributed by atoms with van der Waals surface area (Å²) in [5, 5.41) is 18.5. The predicted molar refractivity (Wildman–Crippen MR) is 53.2 cm³/mol. The van der Waals surface area contributed by atoms with E-state index in [1.54, 1.807) is 0 Å². The van der Waals surface area contributed by atoms with E-state index in [4.69, 9.17) is 16.7 Å². The summed E-state index contributed by atoms with van der Waals surface area (Å²) in [6, 6.07) is 3.65. The Morgan fingerprint density at radius 3 is 2.67 bits per heavy atom. The first-order valence-corrected chi connectivity index (χ1v) is 4.67. The molecule has 0 aliphatic carbocycles. The first-order chi connectivity index (χ1) is 6.93. The third-order valence-electron chi connectivity index (χ3n) is 2.14. The van der Waals surface area contributed by atoms with E-state index in [1.165, 1.54) is 19.1 Å². The summed E-state index contributed by atoms with van der Waals surface area (Å²) in [5.41, 5.74) is -0.0996. The second kappa shape index (κ2) is 4.59. The summed E-state index contributed by atoms with van der Waals surface area (Å²) in [6.07, 6.45) is -1.40. The number of halogens is 2. The van der Waals surface area contributed by atoms with Gasteiger partial charge in [0.15, 0.2) is 0 Å². The quantitative estimate of drug-likeness (QED) is 0.840. The lowest BCUT2D eigenvalue weighted by atomic mass is 9.97. The van der Waals surface area contributed by atoms with Crippen molar-refractivity contribution in [3.63, 3.8) is 0 Å². The van der Waals surface area contributed by atoms with Crippen molar-refractivity contribution in [1.82, 2.24) is 0 Å². The monoisotopic (exact) mass is 232 g/mol. The predicted octanol–water partition coefficient (Wildman–Crippen LogP) is 2.23. The molecular formula is C10H10ClFO3. The molecule has 0 amide bonds. The van der Waals surface area contributed by atoms with Gasteiger partial charge in [-0.25, -0.2) is 4.39 Å². The van der Waals surface area contributed by atoms with Crippen LogP contribution in [0.25, 0.3) is 0 Å². The van der Waals surface area contributed by atoms with Crippen LogP contribution in [0.4, 0.5) is 4.39 Å². The second-order valence-electron chi connectivity index (χ2n) is 3.24. The van der Waals surface area contributed by atoms with Crippen LogP contribution in [0.1, 0.15) is 18.6 Å². The first kappa shape index (κ1) is 11.9. The fourth-order valence-corrected chi connectivity index (χ4v) is 1.33. The Bertz CT molecular complexity index is 381. The largest absolute Gasteiger partial charge is 0.481 e. The number of benzene rings is 1. The van der Waals surface area contributed by atoms with E-state index in [0.29, 0.717) is 0 Å². The van der Waals surface area contributed by atoms with Crippen molar-refractivity contribution in [2.45, 2.75) is 13.0 Å². The van der Waals surface area contributed by atoms with Gasteiger partial charge < -0.3 is 10.2 Å².